The molecule has 0 amide bonds. The van der Waals surface area contributed by atoms with Crippen molar-refractivity contribution < 1.29 is 0 Å². The van der Waals surface area contributed by atoms with E-state index in [-0.39, 0.29) is 6.04 Å². The molecule has 0 aliphatic rings. The minimum atomic E-state index is -0.0601. The average molecular weight is 309 g/mol. The van der Waals surface area contributed by atoms with E-state index in [1.54, 1.807) is 6.20 Å². The number of hydrogen-bond donors (Lipinski definition) is 1. The van der Waals surface area contributed by atoms with Crippen LogP contribution in [0, 0.1) is 0 Å². The molecule has 2 aromatic rings. The van der Waals surface area contributed by atoms with Gasteiger partial charge in [0, 0.05) is 42.1 Å². The summed E-state index contributed by atoms with van der Waals surface area (Å²) in [5.74, 6) is 0. The third-order valence-corrected chi connectivity index (χ3v) is 3.41. The molecule has 0 bridgehead atoms. The van der Waals surface area contributed by atoms with E-state index in [9.17, 15) is 0 Å². The summed E-state index contributed by atoms with van der Waals surface area (Å²) >= 11 is 3.41. The summed E-state index contributed by atoms with van der Waals surface area (Å²) in [6.07, 6.45) is 5.28. The molecular weight excluding hydrogens is 292 g/mol. The summed E-state index contributed by atoms with van der Waals surface area (Å²) in [6, 6.07) is 4.06. The summed E-state index contributed by atoms with van der Waals surface area (Å²) in [5.41, 5.74) is 9.50. The maximum absolute atomic E-state index is 6.21. The lowest BCUT2D eigenvalue weighted by atomic mass is 10.0. The molecule has 0 radical (unpaired) electrons. The van der Waals surface area contributed by atoms with Gasteiger partial charge < -0.3 is 5.73 Å². The lowest BCUT2D eigenvalue weighted by Gasteiger charge is -2.11. The van der Waals surface area contributed by atoms with E-state index < -0.39 is 0 Å². The zero-order valence-corrected chi connectivity index (χ0v) is 12.2. The summed E-state index contributed by atoms with van der Waals surface area (Å²) in [4.78, 5) is 4.14. The first-order valence-electron chi connectivity index (χ1n) is 5.98. The van der Waals surface area contributed by atoms with Gasteiger partial charge in [-0.05, 0) is 40.0 Å². The smallest absolute Gasteiger partial charge is 0.0624 e. The van der Waals surface area contributed by atoms with Crippen LogP contribution in [-0.4, -0.2) is 14.8 Å². The molecule has 0 fully saturated rings. The predicted molar refractivity (Wildman–Crippen MR) is 75.2 cm³/mol. The molecule has 0 saturated carbocycles. The van der Waals surface area contributed by atoms with Crippen molar-refractivity contribution in [2.45, 2.75) is 25.8 Å². The lowest BCUT2D eigenvalue weighted by molar-refractivity contribution is 0.636. The summed E-state index contributed by atoms with van der Waals surface area (Å²) in [6.45, 7) is 2.10. The van der Waals surface area contributed by atoms with Crippen molar-refractivity contribution >= 4 is 15.9 Å². The minimum Gasteiger partial charge on any atom is -0.324 e. The van der Waals surface area contributed by atoms with Crippen LogP contribution in [0.4, 0.5) is 0 Å². The Balaban J connectivity index is 2.15. The van der Waals surface area contributed by atoms with Gasteiger partial charge in [-0.2, -0.15) is 5.10 Å². The zero-order chi connectivity index (χ0) is 13.1. The quantitative estimate of drug-likeness (QED) is 0.943. The van der Waals surface area contributed by atoms with Gasteiger partial charge in [0.25, 0.3) is 0 Å². The maximum atomic E-state index is 6.21. The van der Waals surface area contributed by atoms with E-state index in [0.717, 1.165) is 34.3 Å². The van der Waals surface area contributed by atoms with E-state index in [0.29, 0.717) is 0 Å². The Morgan fingerprint density at radius 1 is 1.39 bits per heavy atom. The van der Waals surface area contributed by atoms with Gasteiger partial charge in [0.2, 0.25) is 0 Å². The maximum Gasteiger partial charge on any atom is 0.0624 e. The molecule has 4 nitrogen and oxygen atoms in total. The van der Waals surface area contributed by atoms with Crippen LogP contribution in [0.5, 0.6) is 0 Å². The van der Waals surface area contributed by atoms with Crippen molar-refractivity contribution in [1.29, 1.82) is 0 Å². The summed E-state index contributed by atoms with van der Waals surface area (Å²) in [7, 11) is 1.96. The Bertz CT molecular complexity index is 536. The molecule has 96 valence electrons. The topological polar surface area (TPSA) is 56.7 Å². The molecule has 2 heterocycles. The van der Waals surface area contributed by atoms with Gasteiger partial charge in [0.1, 0.15) is 0 Å². The Morgan fingerprint density at radius 3 is 2.78 bits per heavy atom. The van der Waals surface area contributed by atoms with E-state index in [2.05, 4.69) is 39.0 Å². The van der Waals surface area contributed by atoms with E-state index in [4.69, 9.17) is 5.73 Å². The molecule has 0 aliphatic heterocycles. The van der Waals surface area contributed by atoms with Gasteiger partial charge >= 0.3 is 0 Å². The average Bonchev–Trinajstić information content (AvgIpc) is 2.70. The molecule has 18 heavy (non-hydrogen) atoms. The van der Waals surface area contributed by atoms with Gasteiger partial charge in [-0.25, -0.2) is 0 Å². The van der Waals surface area contributed by atoms with Gasteiger partial charge in [0.05, 0.1) is 5.69 Å². The van der Waals surface area contributed by atoms with Gasteiger partial charge in [-0.15, -0.1) is 0 Å². The Morgan fingerprint density at radius 2 is 2.17 bits per heavy atom. The number of aryl methyl sites for hydroxylation is 2. The SMILES string of the molecule is CCc1cc(CC(N)c2cncc(Br)c2)n(C)n1. The highest BCUT2D eigenvalue weighted by Gasteiger charge is 2.11. The highest BCUT2D eigenvalue weighted by atomic mass is 79.9. The number of pyridine rings is 1. The Labute approximate surface area is 115 Å². The van der Waals surface area contributed by atoms with Gasteiger partial charge in [-0.3, -0.25) is 9.67 Å². The fraction of sp³-hybridized carbons (Fsp3) is 0.385. The standard InChI is InChI=1S/C13H17BrN4/c1-3-11-5-12(18(2)17-11)6-13(15)9-4-10(14)8-16-7-9/h4-5,7-8,13H,3,6,15H2,1-2H3. The lowest BCUT2D eigenvalue weighted by Crippen LogP contribution is -2.15. The van der Waals surface area contributed by atoms with Crippen LogP contribution in [0.2, 0.25) is 0 Å². The first-order valence-corrected chi connectivity index (χ1v) is 6.77. The Hall–Kier alpha value is -1.20. The molecule has 0 aromatic carbocycles. The van der Waals surface area contributed by atoms with Crippen molar-refractivity contribution in [3.63, 3.8) is 0 Å². The molecule has 0 aliphatic carbocycles. The van der Waals surface area contributed by atoms with Crippen molar-refractivity contribution in [3.05, 3.63) is 46.0 Å². The third-order valence-electron chi connectivity index (χ3n) is 2.97. The van der Waals surface area contributed by atoms with Crippen molar-refractivity contribution in [1.82, 2.24) is 14.8 Å². The number of halogens is 1. The van der Waals surface area contributed by atoms with Crippen LogP contribution in [0.25, 0.3) is 0 Å². The van der Waals surface area contributed by atoms with Crippen LogP contribution in [0.3, 0.4) is 0 Å². The van der Waals surface area contributed by atoms with Crippen molar-refractivity contribution in [3.8, 4) is 0 Å². The van der Waals surface area contributed by atoms with Crippen LogP contribution >= 0.6 is 15.9 Å². The molecule has 1 unspecified atom stereocenters. The number of hydrogen-bond acceptors (Lipinski definition) is 3. The second-order valence-electron chi connectivity index (χ2n) is 4.35. The van der Waals surface area contributed by atoms with Crippen LogP contribution in [-0.2, 0) is 19.9 Å². The van der Waals surface area contributed by atoms with Crippen LogP contribution < -0.4 is 5.73 Å². The first kappa shape index (κ1) is 13.2. The molecule has 2 aromatic heterocycles. The fourth-order valence-corrected chi connectivity index (χ4v) is 2.29. The van der Waals surface area contributed by atoms with Crippen molar-refractivity contribution in [2.24, 2.45) is 12.8 Å². The van der Waals surface area contributed by atoms with E-state index in [1.165, 1.54) is 0 Å². The van der Waals surface area contributed by atoms with Crippen LogP contribution in [0.1, 0.15) is 29.9 Å². The molecule has 5 heteroatoms. The minimum absolute atomic E-state index is 0.0601. The summed E-state index contributed by atoms with van der Waals surface area (Å²) in [5, 5.41) is 4.43. The number of rotatable bonds is 4. The molecular formula is C13H17BrN4. The third kappa shape index (κ3) is 2.97. The number of aromatic nitrogens is 3. The van der Waals surface area contributed by atoms with Gasteiger partial charge in [-0.1, -0.05) is 6.92 Å². The molecule has 2 rings (SSSR count). The van der Waals surface area contributed by atoms with Crippen LogP contribution in [0.15, 0.2) is 29.0 Å². The van der Waals surface area contributed by atoms with E-state index >= 15 is 0 Å². The number of nitrogens with two attached hydrogens (primary N) is 1. The highest BCUT2D eigenvalue weighted by Crippen LogP contribution is 2.19. The van der Waals surface area contributed by atoms with Crippen molar-refractivity contribution in [2.75, 3.05) is 0 Å². The fourth-order valence-electron chi connectivity index (χ4n) is 1.91. The van der Waals surface area contributed by atoms with E-state index in [1.807, 2.05) is 24.0 Å². The molecule has 1 atom stereocenters. The molecule has 2 N–H and O–H groups in total. The molecule has 0 spiro atoms. The molecule has 0 saturated heterocycles. The number of nitrogens with zero attached hydrogens (tertiary/aromatic N) is 3. The largest absolute Gasteiger partial charge is 0.324 e. The Kier molecular flexibility index (Phi) is 4.14. The monoisotopic (exact) mass is 308 g/mol. The first-order chi connectivity index (χ1) is 8.60. The normalized spacial score (nSPS) is 12.7. The van der Waals surface area contributed by atoms with Gasteiger partial charge in [0.15, 0.2) is 0 Å². The second kappa shape index (κ2) is 5.63. The zero-order valence-electron chi connectivity index (χ0n) is 10.6. The second-order valence-corrected chi connectivity index (χ2v) is 5.27. The summed E-state index contributed by atoms with van der Waals surface area (Å²) < 4.78 is 2.86. The highest BCUT2D eigenvalue weighted by molar-refractivity contribution is 9.10. The predicted octanol–water partition coefficient (Wildman–Crippen LogP) is 2.38.